The van der Waals surface area contributed by atoms with Crippen molar-refractivity contribution in [1.29, 1.82) is 0 Å². The maximum absolute atomic E-state index is 12.4. The van der Waals surface area contributed by atoms with E-state index in [9.17, 15) is 13.2 Å². The first kappa shape index (κ1) is 19.4. The van der Waals surface area contributed by atoms with Gasteiger partial charge in [-0.15, -0.1) is 0 Å². The summed E-state index contributed by atoms with van der Waals surface area (Å²) >= 11 is 0. The second-order valence-corrected chi connectivity index (χ2v) is 8.43. The fourth-order valence-electron chi connectivity index (χ4n) is 3.44. The number of hydrogen-bond donors (Lipinski definition) is 2. The summed E-state index contributed by atoms with van der Waals surface area (Å²) in [6.07, 6.45) is 6.08. The van der Waals surface area contributed by atoms with Crippen LogP contribution in [0.1, 0.15) is 49.1 Å². The van der Waals surface area contributed by atoms with Crippen molar-refractivity contribution in [1.82, 2.24) is 0 Å². The lowest BCUT2D eigenvalue weighted by Gasteiger charge is -2.22. The van der Waals surface area contributed by atoms with Crippen LogP contribution in [-0.4, -0.2) is 14.4 Å². The SMILES string of the molecule is NC(=O)Nc1cccc(COS(=O)(=O)c2ccc(C3CCCCC3)cc2)c1. The molecule has 6 nitrogen and oxygen atoms in total. The maximum Gasteiger partial charge on any atom is 0.316 e. The predicted octanol–water partition coefficient (Wildman–Crippen LogP) is 4.13. The molecule has 3 N–H and O–H groups in total. The van der Waals surface area contributed by atoms with Gasteiger partial charge in [-0.05, 0) is 54.2 Å². The van der Waals surface area contributed by atoms with Crippen LogP contribution in [0.5, 0.6) is 0 Å². The molecule has 2 aromatic carbocycles. The third kappa shape index (κ3) is 5.30. The maximum atomic E-state index is 12.4. The van der Waals surface area contributed by atoms with E-state index in [0.29, 0.717) is 17.2 Å². The Bertz CT molecular complexity index is 888. The van der Waals surface area contributed by atoms with Crippen molar-refractivity contribution in [3.05, 3.63) is 59.7 Å². The molecular weight excluding hydrogens is 364 g/mol. The number of rotatable bonds is 6. The Balaban J connectivity index is 1.65. The molecule has 0 radical (unpaired) electrons. The molecule has 0 spiro atoms. The number of benzene rings is 2. The summed E-state index contributed by atoms with van der Waals surface area (Å²) in [5.41, 5.74) is 7.37. The monoisotopic (exact) mass is 388 g/mol. The van der Waals surface area contributed by atoms with Gasteiger partial charge >= 0.3 is 6.03 Å². The second kappa shape index (κ2) is 8.54. The molecule has 0 aliphatic heterocycles. The molecule has 0 unspecified atom stereocenters. The van der Waals surface area contributed by atoms with Crippen LogP contribution < -0.4 is 11.1 Å². The minimum absolute atomic E-state index is 0.124. The summed E-state index contributed by atoms with van der Waals surface area (Å²) in [5, 5.41) is 2.45. The van der Waals surface area contributed by atoms with Crippen LogP contribution in [0.4, 0.5) is 10.5 Å². The molecule has 2 amide bonds. The molecule has 27 heavy (non-hydrogen) atoms. The van der Waals surface area contributed by atoms with Gasteiger partial charge in [0.15, 0.2) is 0 Å². The Hall–Kier alpha value is -2.38. The Morgan fingerprint density at radius 2 is 1.78 bits per heavy atom. The third-order valence-electron chi connectivity index (χ3n) is 4.82. The number of carbonyl (C=O) groups excluding carboxylic acids is 1. The van der Waals surface area contributed by atoms with E-state index in [-0.39, 0.29) is 11.5 Å². The second-order valence-electron chi connectivity index (χ2n) is 6.81. The van der Waals surface area contributed by atoms with E-state index in [1.807, 2.05) is 12.1 Å². The lowest BCUT2D eigenvalue weighted by molar-refractivity contribution is 0.259. The molecular formula is C20H24N2O4S. The van der Waals surface area contributed by atoms with E-state index in [2.05, 4.69) is 5.32 Å². The van der Waals surface area contributed by atoms with Gasteiger partial charge in [0.25, 0.3) is 10.1 Å². The normalized spacial score (nSPS) is 15.4. The number of anilines is 1. The zero-order valence-electron chi connectivity index (χ0n) is 15.1. The molecule has 1 aliphatic rings. The number of nitrogens with two attached hydrogens (primary N) is 1. The van der Waals surface area contributed by atoms with E-state index in [1.165, 1.54) is 24.8 Å². The topological polar surface area (TPSA) is 98.5 Å². The van der Waals surface area contributed by atoms with Crippen molar-refractivity contribution in [2.45, 2.75) is 49.5 Å². The molecule has 1 fully saturated rings. The molecule has 3 rings (SSSR count). The molecule has 144 valence electrons. The van der Waals surface area contributed by atoms with Gasteiger partial charge in [-0.2, -0.15) is 8.42 Å². The smallest absolute Gasteiger partial charge is 0.316 e. The summed E-state index contributed by atoms with van der Waals surface area (Å²) in [7, 11) is -3.85. The zero-order valence-corrected chi connectivity index (χ0v) is 15.9. The Kier molecular flexibility index (Phi) is 6.13. The lowest BCUT2D eigenvalue weighted by atomic mass is 9.84. The van der Waals surface area contributed by atoms with Gasteiger partial charge in [0, 0.05) is 5.69 Å². The number of hydrogen-bond acceptors (Lipinski definition) is 4. The number of urea groups is 1. The van der Waals surface area contributed by atoms with E-state index < -0.39 is 16.1 Å². The average molecular weight is 388 g/mol. The number of primary amides is 1. The highest BCUT2D eigenvalue weighted by atomic mass is 32.2. The summed E-state index contributed by atoms with van der Waals surface area (Å²) in [6, 6.07) is 13.0. The van der Waals surface area contributed by atoms with Crippen LogP contribution in [0.2, 0.25) is 0 Å². The number of nitrogens with one attached hydrogen (secondary N) is 1. The van der Waals surface area contributed by atoms with Gasteiger partial charge in [0.05, 0.1) is 11.5 Å². The molecule has 0 atom stereocenters. The minimum atomic E-state index is -3.85. The third-order valence-corrected chi connectivity index (χ3v) is 6.10. The largest absolute Gasteiger partial charge is 0.351 e. The quantitative estimate of drug-likeness (QED) is 0.727. The van der Waals surface area contributed by atoms with E-state index >= 15 is 0 Å². The van der Waals surface area contributed by atoms with Gasteiger partial charge in [0.2, 0.25) is 0 Å². The van der Waals surface area contributed by atoms with Gasteiger partial charge in [-0.25, -0.2) is 4.79 Å². The first-order chi connectivity index (χ1) is 12.9. The Labute approximate surface area is 159 Å². The van der Waals surface area contributed by atoms with Gasteiger partial charge < -0.3 is 11.1 Å². The molecule has 0 bridgehead atoms. The van der Waals surface area contributed by atoms with Crippen molar-refractivity contribution < 1.29 is 17.4 Å². The summed E-state index contributed by atoms with van der Waals surface area (Å²) in [5.74, 6) is 0.525. The van der Waals surface area contributed by atoms with Crippen LogP contribution in [0.3, 0.4) is 0 Å². The predicted molar refractivity (Wildman–Crippen MR) is 104 cm³/mol. The highest BCUT2D eigenvalue weighted by Gasteiger charge is 2.19. The van der Waals surface area contributed by atoms with Crippen molar-refractivity contribution in [3.8, 4) is 0 Å². The van der Waals surface area contributed by atoms with Gasteiger partial charge in [-0.3, -0.25) is 4.18 Å². The Morgan fingerprint density at radius 3 is 2.44 bits per heavy atom. The number of carbonyl (C=O) groups is 1. The highest BCUT2D eigenvalue weighted by molar-refractivity contribution is 7.86. The molecule has 7 heteroatoms. The summed E-state index contributed by atoms with van der Waals surface area (Å²) in [4.78, 5) is 11.1. The minimum Gasteiger partial charge on any atom is -0.351 e. The van der Waals surface area contributed by atoms with Crippen molar-refractivity contribution in [2.75, 3.05) is 5.32 Å². The highest BCUT2D eigenvalue weighted by Crippen LogP contribution is 2.33. The summed E-state index contributed by atoms with van der Waals surface area (Å²) < 4.78 is 30.1. The van der Waals surface area contributed by atoms with Crippen LogP contribution in [-0.2, 0) is 20.9 Å². The van der Waals surface area contributed by atoms with Crippen LogP contribution in [0.15, 0.2) is 53.4 Å². The van der Waals surface area contributed by atoms with Crippen molar-refractivity contribution in [2.24, 2.45) is 5.73 Å². The lowest BCUT2D eigenvalue weighted by Crippen LogP contribution is -2.19. The fourth-order valence-corrected chi connectivity index (χ4v) is 4.33. The fraction of sp³-hybridized carbons (Fsp3) is 0.350. The van der Waals surface area contributed by atoms with Gasteiger partial charge in [0.1, 0.15) is 0 Å². The standard InChI is InChI=1S/C20H24N2O4S/c21-20(23)22-18-8-4-5-15(13-18)14-26-27(24,25)19-11-9-17(10-12-19)16-6-2-1-3-7-16/h4-5,8-13,16H,1-3,6-7,14H2,(H3,21,22,23). The molecule has 2 aromatic rings. The molecule has 0 saturated heterocycles. The first-order valence-electron chi connectivity index (χ1n) is 9.09. The van der Waals surface area contributed by atoms with E-state index in [0.717, 1.165) is 12.8 Å². The van der Waals surface area contributed by atoms with Crippen LogP contribution >= 0.6 is 0 Å². The average Bonchev–Trinajstić information content (AvgIpc) is 2.67. The number of amides is 2. The van der Waals surface area contributed by atoms with Crippen molar-refractivity contribution in [3.63, 3.8) is 0 Å². The molecule has 0 aromatic heterocycles. The van der Waals surface area contributed by atoms with E-state index in [1.54, 1.807) is 36.4 Å². The van der Waals surface area contributed by atoms with Gasteiger partial charge in [-0.1, -0.05) is 43.5 Å². The van der Waals surface area contributed by atoms with Crippen molar-refractivity contribution >= 4 is 21.8 Å². The molecule has 0 heterocycles. The zero-order chi connectivity index (χ0) is 19.3. The Morgan fingerprint density at radius 1 is 1.07 bits per heavy atom. The molecule has 1 aliphatic carbocycles. The molecule has 1 saturated carbocycles. The summed E-state index contributed by atoms with van der Waals surface area (Å²) in [6.45, 7) is -0.124. The van der Waals surface area contributed by atoms with Crippen LogP contribution in [0, 0.1) is 0 Å². The first-order valence-corrected chi connectivity index (χ1v) is 10.5. The van der Waals surface area contributed by atoms with E-state index in [4.69, 9.17) is 9.92 Å². The van der Waals surface area contributed by atoms with Crippen LogP contribution in [0.25, 0.3) is 0 Å².